The molecule has 0 radical (unpaired) electrons. The van der Waals surface area contributed by atoms with Gasteiger partial charge in [0.25, 0.3) is 17.9 Å². The van der Waals surface area contributed by atoms with Gasteiger partial charge in [0.1, 0.15) is 0 Å². The van der Waals surface area contributed by atoms with Crippen LogP contribution in [0.4, 0.5) is 0 Å². The molecule has 0 amide bonds. The molecule has 0 unspecified atom stereocenters. The summed E-state index contributed by atoms with van der Waals surface area (Å²) >= 11 is 0. The Kier molecular flexibility index (Phi) is 12.0. The van der Waals surface area contributed by atoms with Gasteiger partial charge in [0.05, 0.1) is 17.8 Å². The molecule has 25 heavy (non-hydrogen) atoms. The van der Waals surface area contributed by atoms with Gasteiger partial charge in [0, 0.05) is 0 Å². The number of carbonyl (C=O) groups excluding carboxylic acids is 3. The first-order valence-corrected chi connectivity index (χ1v) is 9.65. The van der Waals surface area contributed by atoms with Crippen molar-refractivity contribution < 1.29 is 28.3 Å². The second-order valence-corrected chi connectivity index (χ2v) is 6.28. The number of hydrogen-bond acceptors (Lipinski definition) is 6. The van der Waals surface area contributed by atoms with Crippen LogP contribution in [0.5, 0.6) is 0 Å². The van der Waals surface area contributed by atoms with Gasteiger partial charge >= 0.3 is 7.32 Å². The van der Waals surface area contributed by atoms with Gasteiger partial charge in [-0.15, -0.1) is 0 Å². The summed E-state index contributed by atoms with van der Waals surface area (Å²) in [6.45, 7) is 11.3. The summed E-state index contributed by atoms with van der Waals surface area (Å²) < 4.78 is 15.8. The highest BCUT2D eigenvalue weighted by atomic mass is 16.8. The summed E-state index contributed by atoms with van der Waals surface area (Å²) in [6, 6.07) is 0. The van der Waals surface area contributed by atoms with E-state index in [1.165, 1.54) is 0 Å². The molecule has 0 atom stereocenters. The highest BCUT2D eigenvalue weighted by molar-refractivity contribution is 6.44. The summed E-state index contributed by atoms with van der Waals surface area (Å²) in [6.07, 6.45) is 3.68. The fourth-order valence-electron chi connectivity index (χ4n) is 2.66. The van der Waals surface area contributed by atoms with Gasteiger partial charge in [-0.2, -0.15) is 0 Å². The zero-order valence-corrected chi connectivity index (χ0v) is 16.6. The molecule has 0 rings (SSSR count). The molecule has 0 aliphatic rings. The molecule has 146 valence electrons. The summed E-state index contributed by atoms with van der Waals surface area (Å²) in [5.41, 5.74) is 0. The Balaban J connectivity index is 5.12. The maximum Gasteiger partial charge on any atom is 0.541 e. The lowest BCUT2D eigenvalue weighted by Gasteiger charge is -2.32. The van der Waals surface area contributed by atoms with E-state index in [1.54, 1.807) is 0 Å². The van der Waals surface area contributed by atoms with Crippen LogP contribution in [0.2, 0.25) is 0 Å². The van der Waals surface area contributed by atoms with Gasteiger partial charge in [0.15, 0.2) is 0 Å². The molecule has 0 bridgehead atoms. The third-order valence-corrected chi connectivity index (χ3v) is 4.74. The predicted octanol–water partition coefficient (Wildman–Crippen LogP) is 3.64. The Morgan fingerprint density at radius 3 is 0.920 bits per heavy atom. The fraction of sp³-hybridized carbons (Fsp3) is 0.833. The van der Waals surface area contributed by atoms with E-state index in [-0.39, 0.29) is 17.8 Å². The Labute approximate surface area is 152 Å². The third-order valence-electron chi connectivity index (χ3n) is 4.74. The number of rotatable bonds is 12. The van der Waals surface area contributed by atoms with E-state index in [0.29, 0.717) is 38.5 Å². The van der Waals surface area contributed by atoms with Crippen LogP contribution in [-0.2, 0) is 28.3 Å². The van der Waals surface area contributed by atoms with Crippen molar-refractivity contribution in [2.45, 2.75) is 80.1 Å². The molecule has 7 heteroatoms. The molecular formula is C18H34BO6-. The second-order valence-electron chi connectivity index (χ2n) is 6.28. The van der Waals surface area contributed by atoms with E-state index in [4.69, 9.17) is 14.0 Å². The van der Waals surface area contributed by atoms with Crippen LogP contribution < -0.4 is 0 Å². The maximum atomic E-state index is 12.2. The highest BCUT2D eigenvalue weighted by Crippen LogP contribution is 2.16. The molecule has 6 nitrogen and oxygen atoms in total. The van der Waals surface area contributed by atoms with Gasteiger partial charge in [-0.05, 0) is 38.5 Å². The molecule has 0 N–H and O–H groups in total. The molecule has 0 aromatic carbocycles. The van der Waals surface area contributed by atoms with Crippen molar-refractivity contribution >= 4 is 25.2 Å². The van der Waals surface area contributed by atoms with E-state index in [9.17, 15) is 14.4 Å². The lowest BCUT2D eigenvalue weighted by molar-refractivity contribution is -0.153. The predicted molar refractivity (Wildman–Crippen MR) is 97.6 cm³/mol. The summed E-state index contributed by atoms with van der Waals surface area (Å²) in [7, 11) is -2.57. The molecule has 0 aliphatic heterocycles. The standard InChI is InChI=1S/C18H34BO6/c1-7-13(8-2)16(20)23-19(24-17(21)14(9-3)10-4)25-18(22)15(11-5)12-6/h13-15,19H,7-12H2,1-6H3/q-1. The van der Waals surface area contributed by atoms with Crippen LogP contribution in [0, 0.1) is 17.8 Å². The topological polar surface area (TPSA) is 78.9 Å². The van der Waals surface area contributed by atoms with Gasteiger partial charge < -0.3 is 14.0 Å². The van der Waals surface area contributed by atoms with E-state index >= 15 is 0 Å². The summed E-state index contributed by atoms with van der Waals surface area (Å²) in [5.74, 6) is -2.35. The van der Waals surface area contributed by atoms with Crippen molar-refractivity contribution in [3.8, 4) is 0 Å². The minimum Gasteiger partial charge on any atom is -0.625 e. The Hall–Kier alpha value is -1.53. The molecule has 0 spiro atoms. The first-order chi connectivity index (χ1) is 11.9. The van der Waals surface area contributed by atoms with E-state index in [1.807, 2.05) is 41.5 Å². The van der Waals surface area contributed by atoms with Gasteiger partial charge in [-0.25, -0.2) is 0 Å². The molecular weight excluding hydrogens is 323 g/mol. The van der Waals surface area contributed by atoms with Crippen LogP contribution in [0.1, 0.15) is 80.1 Å². The smallest absolute Gasteiger partial charge is 0.541 e. The van der Waals surface area contributed by atoms with Crippen LogP contribution in [0.25, 0.3) is 0 Å². The lowest BCUT2D eigenvalue weighted by Crippen LogP contribution is -2.39. The van der Waals surface area contributed by atoms with Crippen LogP contribution in [0.15, 0.2) is 0 Å². The molecule has 0 aliphatic carbocycles. The average Bonchev–Trinajstić information content (AvgIpc) is 2.57. The first kappa shape index (κ1) is 23.5. The minimum absolute atomic E-state index is 0.298. The van der Waals surface area contributed by atoms with Gasteiger partial charge in [0.2, 0.25) is 0 Å². The molecule has 0 fully saturated rings. The van der Waals surface area contributed by atoms with Gasteiger partial charge in [-0.1, -0.05) is 41.5 Å². The summed E-state index contributed by atoms with van der Waals surface area (Å²) in [4.78, 5) is 36.6. The van der Waals surface area contributed by atoms with Crippen LogP contribution in [-0.4, -0.2) is 25.2 Å². The molecule has 0 aromatic rings. The van der Waals surface area contributed by atoms with E-state index < -0.39 is 25.2 Å². The largest absolute Gasteiger partial charge is 0.625 e. The summed E-state index contributed by atoms with van der Waals surface area (Å²) in [5, 5.41) is 0. The molecule has 0 aromatic heterocycles. The van der Waals surface area contributed by atoms with E-state index in [2.05, 4.69) is 0 Å². The van der Waals surface area contributed by atoms with Crippen molar-refractivity contribution in [2.24, 2.45) is 17.8 Å². The van der Waals surface area contributed by atoms with E-state index in [0.717, 1.165) is 0 Å². The van der Waals surface area contributed by atoms with Crippen LogP contribution in [0.3, 0.4) is 0 Å². The van der Waals surface area contributed by atoms with Crippen molar-refractivity contribution in [2.75, 3.05) is 0 Å². The van der Waals surface area contributed by atoms with Crippen LogP contribution >= 0.6 is 0 Å². The molecule has 0 saturated heterocycles. The van der Waals surface area contributed by atoms with Crippen molar-refractivity contribution in [1.82, 2.24) is 0 Å². The number of hydrogen-bond donors (Lipinski definition) is 0. The van der Waals surface area contributed by atoms with Crippen molar-refractivity contribution in [1.29, 1.82) is 0 Å². The zero-order chi connectivity index (χ0) is 19.4. The third kappa shape index (κ3) is 7.93. The van der Waals surface area contributed by atoms with Gasteiger partial charge in [-0.3, -0.25) is 14.4 Å². The normalized spacial score (nSPS) is 11.3. The number of carbonyl (C=O) groups is 3. The molecule has 0 saturated carbocycles. The molecule has 0 heterocycles. The highest BCUT2D eigenvalue weighted by Gasteiger charge is 2.26. The van der Waals surface area contributed by atoms with Crippen molar-refractivity contribution in [3.05, 3.63) is 0 Å². The lowest BCUT2D eigenvalue weighted by atomic mass is 10.0. The Bertz CT molecular complexity index is 352. The maximum absolute atomic E-state index is 12.2. The quantitative estimate of drug-likeness (QED) is 0.496. The van der Waals surface area contributed by atoms with Crippen molar-refractivity contribution in [3.63, 3.8) is 0 Å². The minimum atomic E-state index is -2.57. The SMILES string of the molecule is CCC(CC)C(=O)O[BH-](OC(=O)C(CC)CC)OC(=O)C(CC)CC. The average molecular weight is 357 g/mol. The Morgan fingerprint density at radius 2 is 0.760 bits per heavy atom. The zero-order valence-electron chi connectivity index (χ0n) is 16.6. The first-order valence-electron chi connectivity index (χ1n) is 9.65. The second kappa shape index (κ2) is 12.8. The Morgan fingerprint density at radius 1 is 0.560 bits per heavy atom. The fourth-order valence-corrected chi connectivity index (χ4v) is 2.66. The monoisotopic (exact) mass is 357 g/mol.